The molecule has 0 unspecified atom stereocenters. The molecule has 0 aliphatic heterocycles. The molecule has 1 aromatic heterocycles. The summed E-state index contributed by atoms with van der Waals surface area (Å²) in [5.74, 6) is -0.341. The van der Waals surface area contributed by atoms with E-state index in [4.69, 9.17) is 11.6 Å². The van der Waals surface area contributed by atoms with Crippen molar-refractivity contribution in [2.24, 2.45) is 0 Å². The summed E-state index contributed by atoms with van der Waals surface area (Å²) >= 11 is 5.87. The third kappa shape index (κ3) is 3.66. The minimum absolute atomic E-state index is 0.110. The van der Waals surface area contributed by atoms with E-state index in [9.17, 15) is 9.59 Å². The molecule has 0 aliphatic rings. The van der Waals surface area contributed by atoms with Crippen molar-refractivity contribution >= 4 is 28.3 Å². The van der Waals surface area contributed by atoms with Crippen LogP contribution in [0.1, 0.15) is 5.56 Å². The Labute approximate surface area is 166 Å². The molecule has 0 radical (unpaired) electrons. The number of benzene rings is 3. The summed E-state index contributed by atoms with van der Waals surface area (Å²) < 4.78 is 0. The minimum atomic E-state index is -0.375. The van der Waals surface area contributed by atoms with Crippen molar-refractivity contribution < 1.29 is 4.79 Å². The maximum absolute atomic E-state index is 12.8. The van der Waals surface area contributed by atoms with Gasteiger partial charge in [0.15, 0.2) is 0 Å². The van der Waals surface area contributed by atoms with Gasteiger partial charge in [0.2, 0.25) is 5.91 Å². The van der Waals surface area contributed by atoms with E-state index in [1.165, 1.54) is 0 Å². The third-order valence-corrected chi connectivity index (χ3v) is 4.61. The Hall–Kier alpha value is -3.44. The first-order chi connectivity index (χ1) is 13.6. The smallest absolute Gasteiger partial charge is 0.273 e. The molecule has 0 saturated heterocycles. The second-order valence-electron chi connectivity index (χ2n) is 6.32. The zero-order valence-corrected chi connectivity index (χ0v) is 15.6. The van der Waals surface area contributed by atoms with Crippen LogP contribution in [-0.4, -0.2) is 15.8 Å². The number of carbonyl (C=O) groups is 1. The number of fused-ring (bicyclic) bond motifs is 1. The molecule has 4 aromatic rings. The van der Waals surface area contributed by atoms with Gasteiger partial charge >= 0.3 is 0 Å². The number of carbonyl (C=O) groups excluding carboxylic acids is 1. The Balaban J connectivity index is 1.73. The van der Waals surface area contributed by atoms with Crippen LogP contribution in [0.5, 0.6) is 0 Å². The number of rotatable bonds is 4. The van der Waals surface area contributed by atoms with Gasteiger partial charge in [-0.05, 0) is 23.8 Å². The zero-order chi connectivity index (χ0) is 19.5. The van der Waals surface area contributed by atoms with Crippen LogP contribution >= 0.6 is 11.6 Å². The summed E-state index contributed by atoms with van der Waals surface area (Å²) in [6.07, 6.45) is 0.110. The topological polar surface area (TPSA) is 64.0 Å². The molecule has 138 valence electrons. The summed E-state index contributed by atoms with van der Waals surface area (Å²) in [5.41, 5.74) is 4.50. The van der Waals surface area contributed by atoms with Gasteiger partial charge in [0, 0.05) is 16.0 Å². The minimum Gasteiger partial charge on any atom is -0.273 e. The van der Waals surface area contributed by atoms with E-state index >= 15 is 0 Å². The maximum Gasteiger partial charge on any atom is 0.294 e. The molecule has 0 spiro atoms. The molecule has 1 heterocycles. The highest BCUT2D eigenvalue weighted by Crippen LogP contribution is 2.23. The Morgan fingerprint density at radius 2 is 1.54 bits per heavy atom. The van der Waals surface area contributed by atoms with Gasteiger partial charge < -0.3 is 0 Å². The molecule has 1 amide bonds. The van der Waals surface area contributed by atoms with Crippen molar-refractivity contribution in [3.63, 3.8) is 0 Å². The molecule has 1 N–H and O–H groups in total. The molecule has 3 aromatic carbocycles. The van der Waals surface area contributed by atoms with E-state index in [1.54, 1.807) is 36.4 Å². The van der Waals surface area contributed by atoms with Gasteiger partial charge in [-0.25, -0.2) is 5.43 Å². The first-order valence-corrected chi connectivity index (χ1v) is 9.11. The molecule has 0 fully saturated rings. The second-order valence-corrected chi connectivity index (χ2v) is 6.75. The fourth-order valence-electron chi connectivity index (χ4n) is 3.02. The summed E-state index contributed by atoms with van der Waals surface area (Å²) in [5, 5.41) is 6.25. The van der Waals surface area contributed by atoms with Crippen LogP contribution in [0.3, 0.4) is 0 Å². The van der Waals surface area contributed by atoms with Gasteiger partial charge in [0.05, 0.1) is 11.8 Å². The normalized spacial score (nSPS) is 10.8. The highest BCUT2D eigenvalue weighted by Gasteiger charge is 2.13. The SMILES string of the molecule is O=C(Cc1ccc(Cl)cc1)Nn1nc(-c2ccccc2)c2ccccc2c1=O. The van der Waals surface area contributed by atoms with Gasteiger partial charge in [0.1, 0.15) is 5.69 Å². The molecule has 28 heavy (non-hydrogen) atoms. The Morgan fingerprint density at radius 3 is 2.25 bits per heavy atom. The van der Waals surface area contributed by atoms with Gasteiger partial charge in [-0.15, -0.1) is 9.89 Å². The van der Waals surface area contributed by atoms with E-state index in [1.807, 2.05) is 42.5 Å². The molecular formula is C22H16ClN3O2. The predicted octanol–water partition coefficient (Wildman–Crippen LogP) is 4.03. The molecule has 0 aliphatic carbocycles. The lowest BCUT2D eigenvalue weighted by Gasteiger charge is -2.12. The van der Waals surface area contributed by atoms with E-state index in [-0.39, 0.29) is 17.9 Å². The lowest BCUT2D eigenvalue weighted by molar-refractivity contribution is -0.116. The van der Waals surface area contributed by atoms with Gasteiger partial charge in [0.25, 0.3) is 5.56 Å². The fraction of sp³-hybridized carbons (Fsp3) is 0.0455. The highest BCUT2D eigenvalue weighted by atomic mass is 35.5. The number of nitrogens with one attached hydrogen (secondary N) is 1. The van der Waals surface area contributed by atoms with Crippen LogP contribution < -0.4 is 11.0 Å². The molecule has 4 rings (SSSR count). The summed E-state index contributed by atoms with van der Waals surface area (Å²) in [6, 6.07) is 23.8. The molecule has 0 saturated carbocycles. The van der Waals surface area contributed by atoms with Crippen LogP contribution in [0.15, 0.2) is 83.7 Å². The van der Waals surface area contributed by atoms with Crippen molar-refractivity contribution in [1.82, 2.24) is 9.89 Å². The number of aromatic nitrogens is 2. The van der Waals surface area contributed by atoms with Crippen LogP contribution in [-0.2, 0) is 11.2 Å². The summed E-state index contributed by atoms with van der Waals surface area (Å²) in [4.78, 5) is 26.3. The van der Waals surface area contributed by atoms with E-state index in [2.05, 4.69) is 10.5 Å². The number of nitrogens with zero attached hydrogens (tertiary/aromatic N) is 2. The zero-order valence-electron chi connectivity index (χ0n) is 14.8. The van der Waals surface area contributed by atoms with Crippen molar-refractivity contribution in [2.45, 2.75) is 6.42 Å². The number of halogens is 1. The lowest BCUT2D eigenvalue weighted by atomic mass is 10.1. The lowest BCUT2D eigenvalue weighted by Crippen LogP contribution is -2.36. The fourth-order valence-corrected chi connectivity index (χ4v) is 3.15. The van der Waals surface area contributed by atoms with Crippen molar-refractivity contribution in [1.29, 1.82) is 0 Å². The third-order valence-electron chi connectivity index (χ3n) is 4.36. The Kier molecular flexibility index (Phi) is 4.91. The average Bonchev–Trinajstić information content (AvgIpc) is 2.72. The molecule has 6 heteroatoms. The monoisotopic (exact) mass is 389 g/mol. The second kappa shape index (κ2) is 7.66. The number of hydrogen-bond acceptors (Lipinski definition) is 3. The van der Waals surface area contributed by atoms with Crippen LogP contribution in [0.25, 0.3) is 22.0 Å². The van der Waals surface area contributed by atoms with E-state index in [0.717, 1.165) is 21.3 Å². The van der Waals surface area contributed by atoms with Crippen molar-refractivity contribution in [2.75, 3.05) is 5.43 Å². The Morgan fingerprint density at radius 1 is 0.893 bits per heavy atom. The molecular weight excluding hydrogens is 374 g/mol. The standard InChI is InChI=1S/C22H16ClN3O2/c23-17-12-10-15(11-13-17)14-20(27)24-26-22(28)19-9-5-4-8-18(19)21(25-26)16-6-2-1-3-7-16/h1-13H,14H2,(H,24,27). The van der Waals surface area contributed by atoms with Crippen LogP contribution in [0.4, 0.5) is 0 Å². The number of amides is 1. The van der Waals surface area contributed by atoms with Crippen molar-refractivity contribution in [3.05, 3.63) is 99.8 Å². The first kappa shape index (κ1) is 17.9. The van der Waals surface area contributed by atoms with Crippen LogP contribution in [0.2, 0.25) is 5.02 Å². The highest BCUT2D eigenvalue weighted by molar-refractivity contribution is 6.30. The van der Waals surface area contributed by atoms with Gasteiger partial charge in [-0.3, -0.25) is 9.59 Å². The maximum atomic E-state index is 12.8. The molecule has 0 atom stereocenters. The summed E-state index contributed by atoms with van der Waals surface area (Å²) in [6.45, 7) is 0. The molecule has 5 nitrogen and oxygen atoms in total. The van der Waals surface area contributed by atoms with Gasteiger partial charge in [-0.2, -0.15) is 0 Å². The van der Waals surface area contributed by atoms with Crippen LogP contribution in [0, 0.1) is 0 Å². The van der Waals surface area contributed by atoms with Crippen molar-refractivity contribution in [3.8, 4) is 11.3 Å². The van der Waals surface area contributed by atoms with Gasteiger partial charge in [-0.1, -0.05) is 72.3 Å². The van der Waals surface area contributed by atoms with E-state index < -0.39 is 0 Å². The Bertz CT molecular complexity index is 1200. The average molecular weight is 390 g/mol. The quantitative estimate of drug-likeness (QED) is 0.573. The summed E-state index contributed by atoms with van der Waals surface area (Å²) in [7, 11) is 0. The predicted molar refractivity (Wildman–Crippen MR) is 111 cm³/mol. The van der Waals surface area contributed by atoms with E-state index in [0.29, 0.717) is 16.1 Å². The molecule has 0 bridgehead atoms. The largest absolute Gasteiger partial charge is 0.294 e. The first-order valence-electron chi connectivity index (χ1n) is 8.73. The number of hydrogen-bond donors (Lipinski definition) is 1.